The van der Waals surface area contributed by atoms with Crippen LogP contribution in [0.2, 0.25) is 0 Å². The van der Waals surface area contributed by atoms with E-state index in [9.17, 15) is 4.79 Å². The number of thiazole rings is 1. The van der Waals surface area contributed by atoms with Crippen molar-refractivity contribution in [2.45, 2.75) is 24.3 Å². The largest absolute Gasteiger partial charge is 0.378 e. The summed E-state index contributed by atoms with van der Waals surface area (Å²) < 4.78 is 6.35. The molecule has 3 heterocycles. The van der Waals surface area contributed by atoms with Crippen molar-refractivity contribution in [2.24, 2.45) is 0 Å². The summed E-state index contributed by atoms with van der Waals surface area (Å²) >= 11 is 3.01. The molecule has 1 N–H and O–H groups in total. The number of nitrogens with zero attached hydrogens (tertiary/aromatic N) is 4. The third-order valence-corrected chi connectivity index (χ3v) is 7.38. The quantitative estimate of drug-likeness (QED) is 0.495. The lowest BCUT2D eigenvalue weighted by Gasteiger charge is -2.25. The van der Waals surface area contributed by atoms with Gasteiger partial charge in [0.1, 0.15) is 16.1 Å². The number of rotatable bonds is 5. The number of aromatic nitrogens is 3. The number of carbonyl (C=O) groups excluding carboxylic acids is 1. The van der Waals surface area contributed by atoms with Crippen LogP contribution in [0.3, 0.4) is 0 Å². The number of carbonyl (C=O) groups is 1. The van der Waals surface area contributed by atoms with Gasteiger partial charge in [0.25, 0.3) is 0 Å². The second-order valence-corrected chi connectivity index (χ2v) is 9.04. The molecular formula is C20H21N5O2S2. The van der Waals surface area contributed by atoms with Gasteiger partial charge in [-0.2, -0.15) is 4.98 Å². The zero-order chi connectivity index (χ0) is 19.6. The van der Waals surface area contributed by atoms with Crippen LogP contribution >= 0.6 is 23.1 Å². The molecule has 1 fully saturated rings. The molecule has 0 bridgehead atoms. The highest BCUT2D eigenvalue weighted by Gasteiger charge is 2.19. The maximum atomic E-state index is 12.5. The molecule has 9 heteroatoms. The summed E-state index contributed by atoms with van der Waals surface area (Å²) in [6, 6.07) is 6.22. The molecule has 1 aromatic carbocycles. The molecule has 0 saturated carbocycles. The molecule has 0 atom stereocenters. The van der Waals surface area contributed by atoms with E-state index in [1.54, 1.807) is 11.3 Å². The zero-order valence-corrected chi connectivity index (χ0v) is 17.5. The third kappa shape index (κ3) is 4.08. The molecule has 0 spiro atoms. The molecule has 0 unspecified atom stereocenters. The van der Waals surface area contributed by atoms with E-state index in [0.717, 1.165) is 46.5 Å². The van der Waals surface area contributed by atoms with Gasteiger partial charge in [-0.15, -0.1) is 0 Å². The second-order valence-electron chi connectivity index (χ2n) is 7.10. The summed E-state index contributed by atoms with van der Waals surface area (Å²) in [5, 5.41) is 4.75. The summed E-state index contributed by atoms with van der Waals surface area (Å²) in [6.07, 6.45) is 4.97. The minimum absolute atomic E-state index is 0.0300. The van der Waals surface area contributed by atoms with Gasteiger partial charge in [0.05, 0.1) is 19.0 Å². The Morgan fingerprint density at radius 3 is 2.97 bits per heavy atom. The van der Waals surface area contributed by atoms with Crippen LogP contribution in [0.25, 0.3) is 10.3 Å². The Balaban J connectivity index is 1.26. The number of nitrogens with one attached hydrogen (secondary N) is 1. The molecule has 1 aliphatic heterocycles. The molecular weight excluding hydrogens is 406 g/mol. The van der Waals surface area contributed by atoms with Crippen molar-refractivity contribution >= 4 is 50.2 Å². The van der Waals surface area contributed by atoms with Crippen LogP contribution < -0.4 is 10.2 Å². The first-order valence-electron chi connectivity index (χ1n) is 9.75. The topological polar surface area (TPSA) is 80.2 Å². The number of anilines is 2. The predicted octanol–water partition coefficient (Wildman–Crippen LogP) is 3.14. The normalized spacial score (nSPS) is 16.2. The van der Waals surface area contributed by atoms with Gasteiger partial charge in [-0.05, 0) is 42.5 Å². The van der Waals surface area contributed by atoms with E-state index in [1.165, 1.54) is 35.6 Å². The van der Waals surface area contributed by atoms with Crippen molar-refractivity contribution in [3.05, 3.63) is 35.7 Å². The van der Waals surface area contributed by atoms with E-state index in [4.69, 9.17) is 4.74 Å². The fourth-order valence-corrected chi connectivity index (χ4v) is 5.64. The van der Waals surface area contributed by atoms with Crippen LogP contribution in [0.15, 0.2) is 29.6 Å². The zero-order valence-electron chi connectivity index (χ0n) is 15.9. The first kappa shape index (κ1) is 18.8. The van der Waals surface area contributed by atoms with E-state index in [2.05, 4.69) is 37.3 Å². The average Bonchev–Trinajstić information content (AvgIpc) is 3.39. The van der Waals surface area contributed by atoms with E-state index in [-0.39, 0.29) is 5.91 Å². The van der Waals surface area contributed by atoms with Gasteiger partial charge in [0, 0.05) is 18.8 Å². The monoisotopic (exact) mass is 427 g/mol. The number of morpholine rings is 1. The van der Waals surface area contributed by atoms with E-state index >= 15 is 0 Å². The lowest BCUT2D eigenvalue weighted by Crippen LogP contribution is -2.36. The Morgan fingerprint density at radius 2 is 2.07 bits per heavy atom. The van der Waals surface area contributed by atoms with E-state index < -0.39 is 0 Å². The smallest absolute Gasteiger partial charge is 0.234 e. The molecule has 1 saturated heterocycles. The van der Waals surface area contributed by atoms with Crippen molar-refractivity contribution in [2.75, 3.05) is 42.3 Å². The van der Waals surface area contributed by atoms with Crippen molar-refractivity contribution in [1.29, 1.82) is 0 Å². The lowest BCUT2D eigenvalue weighted by molar-refractivity contribution is -0.113. The number of hydrogen-bond donors (Lipinski definition) is 1. The number of aryl methyl sites for hydroxylation is 2. The molecule has 29 heavy (non-hydrogen) atoms. The standard InChI is InChI=1S/C20H21N5O2S2/c26-16(23-15-5-4-13-2-1-3-14(13)10-15)11-28-19-17-18(21-12-22-19)24-20(29-17)25-6-8-27-9-7-25/h4-5,10,12H,1-3,6-9,11H2,(H,23,26). The molecule has 2 aliphatic rings. The molecule has 150 valence electrons. The molecule has 1 aliphatic carbocycles. The number of benzene rings is 1. The van der Waals surface area contributed by atoms with Crippen molar-refractivity contribution in [3.8, 4) is 0 Å². The second kappa shape index (κ2) is 8.25. The molecule has 5 rings (SSSR count). The number of amides is 1. The van der Waals surface area contributed by atoms with Gasteiger partial charge in [0.2, 0.25) is 5.91 Å². The Kier molecular flexibility index (Phi) is 5.34. The number of hydrogen-bond acceptors (Lipinski definition) is 8. The molecule has 7 nitrogen and oxygen atoms in total. The van der Waals surface area contributed by atoms with Gasteiger partial charge in [0.15, 0.2) is 10.8 Å². The highest BCUT2D eigenvalue weighted by atomic mass is 32.2. The van der Waals surface area contributed by atoms with Crippen molar-refractivity contribution in [3.63, 3.8) is 0 Å². The van der Waals surface area contributed by atoms with Crippen molar-refractivity contribution in [1.82, 2.24) is 15.0 Å². The number of ether oxygens (including phenoxy) is 1. The molecule has 2 aromatic heterocycles. The maximum Gasteiger partial charge on any atom is 0.234 e. The Morgan fingerprint density at radius 1 is 1.21 bits per heavy atom. The summed E-state index contributed by atoms with van der Waals surface area (Å²) in [7, 11) is 0. The Labute approximate surface area is 176 Å². The SMILES string of the molecule is O=C(CSc1ncnc2nc(N3CCOCC3)sc12)Nc1ccc2c(c1)CCC2. The van der Waals surface area contributed by atoms with Crippen molar-refractivity contribution < 1.29 is 9.53 Å². The highest BCUT2D eigenvalue weighted by molar-refractivity contribution is 8.00. The predicted molar refractivity (Wildman–Crippen MR) is 116 cm³/mol. The molecule has 0 radical (unpaired) electrons. The summed E-state index contributed by atoms with van der Waals surface area (Å²) in [4.78, 5) is 28.0. The Hall–Kier alpha value is -2.23. The van der Waals surface area contributed by atoms with Gasteiger partial charge in [-0.25, -0.2) is 9.97 Å². The number of thioether (sulfide) groups is 1. The molecule has 3 aromatic rings. The van der Waals surface area contributed by atoms with Crippen LogP contribution in [0.4, 0.5) is 10.8 Å². The van der Waals surface area contributed by atoms with Crippen LogP contribution in [-0.2, 0) is 22.4 Å². The summed E-state index contributed by atoms with van der Waals surface area (Å²) in [5.74, 6) is 0.270. The fourth-order valence-electron chi connectivity index (χ4n) is 3.70. The van der Waals surface area contributed by atoms with Crippen LogP contribution in [0, 0.1) is 0 Å². The maximum absolute atomic E-state index is 12.5. The minimum Gasteiger partial charge on any atom is -0.378 e. The van der Waals surface area contributed by atoms with Crippen LogP contribution in [0.5, 0.6) is 0 Å². The first-order chi connectivity index (χ1) is 14.3. The third-order valence-electron chi connectivity index (χ3n) is 5.15. The summed E-state index contributed by atoms with van der Waals surface area (Å²) in [6.45, 7) is 3.09. The highest BCUT2D eigenvalue weighted by Crippen LogP contribution is 2.34. The minimum atomic E-state index is -0.0300. The average molecular weight is 428 g/mol. The summed E-state index contributed by atoms with van der Waals surface area (Å²) in [5.41, 5.74) is 4.32. The van der Waals surface area contributed by atoms with Crippen LogP contribution in [-0.4, -0.2) is 52.9 Å². The first-order valence-corrected chi connectivity index (χ1v) is 11.6. The van der Waals surface area contributed by atoms with Gasteiger partial charge in [-0.3, -0.25) is 4.79 Å². The molecule has 1 amide bonds. The van der Waals surface area contributed by atoms with Gasteiger partial charge < -0.3 is 15.0 Å². The van der Waals surface area contributed by atoms with Gasteiger partial charge >= 0.3 is 0 Å². The van der Waals surface area contributed by atoms with Crippen LogP contribution in [0.1, 0.15) is 17.5 Å². The van der Waals surface area contributed by atoms with Gasteiger partial charge in [-0.1, -0.05) is 29.2 Å². The fraction of sp³-hybridized carbons (Fsp3) is 0.400. The van der Waals surface area contributed by atoms with E-state index in [1.807, 2.05) is 6.07 Å². The Bertz CT molecular complexity index is 1050. The lowest BCUT2D eigenvalue weighted by atomic mass is 10.1. The number of fused-ring (bicyclic) bond motifs is 2. The van der Waals surface area contributed by atoms with E-state index in [0.29, 0.717) is 24.6 Å².